The first-order valence-electron chi connectivity index (χ1n) is 6.22. The van der Waals surface area contributed by atoms with Crippen molar-refractivity contribution in [2.45, 2.75) is 20.4 Å². The fourth-order valence-corrected chi connectivity index (χ4v) is 2.37. The molecule has 0 radical (unpaired) electrons. The molecule has 0 fully saturated rings. The van der Waals surface area contributed by atoms with E-state index in [9.17, 15) is 0 Å². The lowest BCUT2D eigenvalue weighted by atomic mass is 10.2. The normalized spacial score (nSPS) is 11.0. The number of imidazole rings is 1. The highest BCUT2D eigenvalue weighted by Gasteiger charge is 2.08. The number of aryl methyl sites for hydroxylation is 2. The van der Waals surface area contributed by atoms with Gasteiger partial charge in [0, 0.05) is 6.54 Å². The van der Waals surface area contributed by atoms with Gasteiger partial charge in [-0.15, -0.1) is 0 Å². The molecule has 0 atom stereocenters. The van der Waals surface area contributed by atoms with Crippen molar-refractivity contribution in [3.63, 3.8) is 0 Å². The molecule has 2 heteroatoms. The Morgan fingerprint density at radius 1 is 0.944 bits per heavy atom. The van der Waals surface area contributed by atoms with E-state index in [0.29, 0.717) is 0 Å². The van der Waals surface area contributed by atoms with Crippen LogP contribution in [0, 0.1) is 13.8 Å². The minimum absolute atomic E-state index is 0.882. The van der Waals surface area contributed by atoms with Crippen LogP contribution in [0.25, 0.3) is 11.0 Å². The van der Waals surface area contributed by atoms with E-state index in [4.69, 9.17) is 0 Å². The molecule has 0 bridgehead atoms. The maximum atomic E-state index is 4.67. The summed E-state index contributed by atoms with van der Waals surface area (Å²) < 4.78 is 2.28. The van der Waals surface area contributed by atoms with E-state index < -0.39 is 0 Å². The summed E-state index contributed by atoms with van der Waals surface area (Å²) in [5.41, 5.74) is 4.88. The van der Waals surface area contributed by atoms with Gasteiger partial charge in [0.05, 0.1) is 11.0 Å². The standard InChI is InChI=1S/C16H16N2/c1-12-7-6-10-15-16(12)17-13(2)18(15)11-14-8-4-3-5-9-14/h3-10H,11H2,1-2H3. The number of fused-ring (bicyclic) bond motifs is 1. The molecule has 0 aliphatic carbocycles. The first kappa shape index (κ1) is 11.0. The second-order valence-electron chi connectivity index (χ2n) is 4.67. The van der Waals surface area contributed by atoms with Gasteiger partial charge < -0.3 is 4.57 Å². The second-order valence-corrected chi connectivity index (χ2v) is 4.67. The molecule has 3 aromatic rings. The number of hydrogen-bond donors (Lipinski definition) is 0. The number of rotatable bonds is 2. The van der Waals surface area contributed by atoms with Crippen LogP contribution in [0.15, 0.2) is 48.5 Å². The molecule has 0 N–H and O–H groups in total. The highest BCUT2D eigenvalue weighted by atomic mass is 15.1. The van der Waals surface area contributed by atoms with Crippen molar-refractivity contribution < 1.29 is 0 Å². The Morgan fingerprint density at radius 2 is 1.72 bits per heavy atom. The van der Waals surface area contributed by atoms with Gasteiger partial charge in [0.2, 0.25) is 0 Å². The van der Waals surface area contributed by atoms with Crippen LogP contribution in [-0.2, 0) is 6.54 Å². The molecule has 18 heavy (non-hydrogen) atoms. The molecule has 0 saturated carbocycles. The van der Waals surface area contributed by atoms with Gasteiger partial charge in [-0.05, 0) is 31.0 Å². The van der Waals surface area contributed by atoms with E-state index in [2.05, 4.69) is 65.9 Å². The van der Waals surface area contributed by atoms with Gasteiger partial charge in [0.25, 0.3) is 0 Å². The fourth-order valence-electron chi connectivity index (χ4n) is 2.37. The van der Waals surface area contributed by atoms with Crippen LogP contribution in [0.1, 0.15) is 17.0 Å². The van der Waals surface area contributed by atoms with E-state index in [0.717, 1.165) is 17.9 Å². The summed E-state index contributed by atoms with van der Waals surface area (Å²) in [5.74, 6) is 1.07. The molecule has 0 aliphatic heterocycles. The summed E-state index contributed by atoms with van der Waals surface area (Å²) in [6, 6.07) is 16.9. The Kier molecular flexibility index (Phi) is 2.63. The molecule has 90 valence electrons. The third-order valence-electron chi connectivity index (χ3n) is 3.36. The van der Waals surface area contributed by atoms with Crippen molar-refractivity contribution in [2.24, 2.45) is 0 Å². The summed E-state index contributed by atoms with van der Waals surface area (Å²) in [6.45, 7) is 5.07. The summed E-state index contributed by atoms with van der Waals surface area (Å²) >= 11 is 0. The number of benzene rings is 2. The quantitative estimate of drug-likeness (QED) is 0.663. The molecular weight excluding hydrogens is 220 g/mol. The highest BCUT2D eigenvalue weighted by molar-refractivity contribution is 5.79. The maximum absolute atomic E-state index is 4.67. The number of para-hydroxylation sites is 1. The zero-order chi connectivity index (χ0) is 12.5. The van der Waals surface area contributed by atoms with Gasteiger partial charge in [-0.1, -0.05) is 42.5 Å². The maximum Gasteiger partial charge on any atom is 0.107 e. The van der Waals surface area contributed by atoms with Crippen molar-refractivity contribution in [3.8, 4) is 0 Å². The van der Waals surface area contributed by atoms with Gasteiger partial charge in [-0.2, -0.15) is 0 Å². The van der Waals surface area contributed by atoms with Crippen LogP contribution < -0.4 is 0 Å². The number of hydrogen-bond acceptors (Lipinski definition) is 1. The van der Waals surface area contributed by atoms with Gasteiger partial charge in [-0.3, -0.25) is 0 Å². The van der Waals surface area contributed by atoms with Crippen LogP contribution in [0.2, 0.25) is 0 Å². The molecule has 0 spiro atoms. The predicted octanol–water partition coefficient (Wildman–Crippen LogP) is 3.70. The first-order valence-corrected chi connectivity index (χ1v) is 6.22. The minimum Gasteiger partial charge on any atom is -0.324 e. The zero-order valence-electron chi connectivity index (χ0n) is 10.7. The third-order valence-corrected chi connectivity index (χ3v) is 3.36. The molecular formula is C16H16N2. The molecule has 0 aliphatic rings. The van der Waals surface area contributed by atoms with Gasteiger partial charge >= 0.3 is 0 Å². The Labute approximate surface area is 107 Å². The van der Waals surface area contributed by atoms with E-state index in [1.165, 1.54) is 16.6 Å². The van der Waals surface area contributed by atoms with Crippen LogP contribution >= 0.6 is 0 Å². The summed E-state index contributed by atoms with van der Waals surface area (Å²) in [6.07, 6.45) is 0. The Hall–Kier alpha value is -2.09. The number of nitrogens with zero attached hydrogens (tertiary/aromatic N) is 2. The van der Waals surface area contributed by atoms with Gasteiger partial charge in [0.15, 0.2) is 0 Å². The summed E-state index contributed by atoms with van der Waals surface area (Å²) in [4.78, 5) is 4.67. The van der Waals surface area contributed by atoms with Gasteiger partial charge in [0.1, 0.15) is 5.82 Å². The molecule has 0 amide bonds. The average Bonchev–Trinajstić information content (AvgIpc) is 2.70. The highest BCUT2D eigenvalue weighted by Crippen LogP contribution is 2.20. The minimum atomic E-state index is 0.882. The molecule has 0 unspecified atom stereocenters. The molecule has 1 aromatic heterocycles. The Morgan fingerprint density at radius 3 is 2.50 bits per heavy atom. The van der Waals surface area contributed by atoms with Crippen LogP contribution in [0.4, 0.5) is 0 Å². The average molecular weight is 236 g/mol. The molecule has 3 rings (SSSR count). The summed E-state index contributed by atoms with van der Waals surface area (Å²) in [5, 5.41) is 0. The lowest BCUT2D eigenvalue weighted by Gasteiger charge is -2.07. The van der Waals surface area contributed by atoms with Crippen molar-refractivity contribution in [1.29, 1.82) is 0 Å². The monoisotopic (exact) mass is 236 g/mol. The Bertz CT molecular complexity index is 681. The summed E-state index contributed by atoms with van der Waals surface area (Å²) in [7, 11) is 0. The molecule has 2 aromatic carbocycles. The van der Waals surface area contributed by atoms with Gasteiger partial charge in [-0.25, -0.2) is 4.98 Å². The van der Waals surface area contributed by atoms with E-state index >= 15 is 0 Å². The lowest BCUT2D eigenvalue weighted by molar-refractivity contribution is 0.786. The zero-order valence-corrected chi connectivity index (χ0v) is 10.7. The third kappa shape index (κ3) is 1.80. The smallest absolute Gasteiger partial charge is 0.107 e. The van der Waals surface area contributed by atoms with Crippen LogP contribution in [0.5, 0.6) is 0 Å². The van der Waals surface area contributed by atoms with Crippen molar-refractivity contribution in [1.82, 2.24) is 9.55 Å². The van der Waals surface area contributed by atoms with Crippen molar-refractivity contribution in [2.75, 3.05) is 0 Å². The lowest BCUT2D eigenvalue weighted by Crippen LogP contribution is -2.01. The molecule has 1 heterocycles. The predicted molar refractivity (Wildman–Crippen MR) is 74.8 cm³/mol. The van der Waals surface area contributed by atoms with Crippen molar-refractivity contribution in [3.05, 3.63) is 65.5 Å². The second kappa shape index (κ2) is 4.30. The SMILES string of the molecule is Cc1cccc2c1nc(C)n2Cc1ccccc1. The fraction of sp³-hybridized carbons (Fsp3) is 0.188. The topological polar surface area (TPSA) is 17.8 Å². The Balaban J connectivity index is 2.12. The largest absolute Gasteiger partial charge is 0.324 e. The van der Waals surface area contributed by atoms with Crippen LogP contribution in [-0.4, -0.2) is 9.55 Å². The van der Waals surface area contributed by atoms with E-state index in [1.807, 2.05) is 6.07 Å². The van der Waals surface area contributed by atoms with E-state index in [1.54, 1.807) is 0 Å². The number of aromatic nitrogens is 2. The first-order chi connectivity index (χ1) is 8.75. The van der Waals surface area contributed by atoms with Crippen molar-refractivity contribution >= 4 is 11.0 Å². The molecule has 2 nitrogen and oxygen atoms in total. The van der Waals surface area contributed by atoms with Crippen LogP contribution in [0.3, 0.4) is 0 Å². The molecule has 0 saturated heterocycles. The van der Waals surface area contributed by atoms with E-state index in [-0.39, 0.29) is 0 Å².